The van der Waals surface area contributed by atoms with Gasteiger partial charge in [-0.25, -0.2) is 0 Å². The summed E-state index contributed by atoms with van der Waals surface area (Å²) in [6.45, 7) is 19.5. The predicted octanol–water partition coefficient (Wildman–Crippen LogP) is 28.5. The van der Waals surface area contributed by atoms with Gasteiger partial charge in [-0.15, -0.1) is 0 Å². The predicted molar refractivity (Wildman–Crippen MR) is 357 cm³/mol. The van der Waals surface area contributed by atoms with Crippen LogP contribution < -0.4 is 0 Å². The molecule has 1 aliphatic carbocycles. The summed E-state index contributed by atoms with van der Waals surface area (Å²) >= 11 is 0. The molecular formula is C78H144. The standard InChI is InChI=1S/C78H144/c1-9-17-24-29-33-36-38-39-40-41-42-43-45-47-50-57-65-74-73(64-56-49-46-44-37-34-30-25-18-10-2)75(66-58-51-48-35-31-26-19-11-3)77(67-23-15-7,68-59-52-32-27-20-12-4)78(69-60-28-21-13-5,72-62-54-53-55-63-72)76(74)70-71(16-8)61-22-14-6/h53-55,62-63,71H,9-52,56-61,64-70H2,1-8H3. The van der Waals surface area contributed by atoms with Gasteiger partial charge in [-0.3, -0.25) is 0 Å². The maximum Gasteiger partial charge on any atom is 0.0261 e. The molecule has 3 unspecified atom stereocenters. The largest absolute Gasteiger partial charge is 0.0654 e. The first-order valence-electron chi connectivity index (χ1n) is 37.0. The topological polar surface area (TPSA) is 0 Å². The fourth-order valence-electron chi connectivity index (χ4n) is 15.1. The molecule has 0 heterocycles. The van der Waals surface area contributed by atoms with Crippen LogP contribution in [0.5, 0.6) is 0 Å². The third kappa shape index (κ3) is 29.8. The lowest BCUT2D eigenvalue weighted by Crippen LogP contribution is -2.52. The molecule has 3 atom stereocenters. The van der Waals surface area contributed by atoms with E-state index in [9.17, 15) is 0 Å². The van der Waals surface area contributed by atoms with Gasteiger partial charge in [-0.05, 0) is 86.8 Å². The first-order chi connectivity index (χ1) is 38.5. The van der Waals surface area contributed by atoms with E-state index in [0.717, 1.165) is 5.92 Å². The fourth-order valence-corrected chi connectivity index (χ4v) is 15.1. The molecule has 1 aromatic rings. The van der Waals surface area contributed by atoms with Crippen LogP contribution in [-0.2, 0) is 5.41 Å². The van der Waals surface area contributed by atoms with Crippen molar-refractivity contribution in [2.75, 3.05) is 0 Å². The zero-order chi connectivity index (χ0) is 56.3. The zero-order valence-corrected chi connectivity index (χ0v) is 55.3. The van der Waals surface area contributed by atoms with Gasteiger partial charge in [-0.1, -0.05) is 399 Å². The summed E-state index contributed by atoms with van der Waals surface area (Å²) in [6.07, 6.45) is 80.6. The van der Waals surface area contributed by atoms with Crippen LogP contribution in [0.2, 0.25) is 0 Å². The average molecular weight is 1080 g/mol. The van der Waals surface area contributed by atoms with Crippen LogP contribution in [0.4, 0.5) is 0 Å². The van der Waals surface area contributed by atoms with Crippen molar-refractivity contribution in [2.24, 2.45) is 11.3 Å². The second kappa shape index (κ2) is 51.3. The highest BCUT2D eigenvalue weighted by atomic mass is 14.6. The molecule has 0 saturated heterocycles. The first-order valence-corrected chi connectivity index (χ1v) is 37.0. The van der Waals surface area contributed by atoms with E-state index in [1.54, 1.807) is 5.56 Å². The molecule has 1 aliphatic rings. The van der Waals surface area contributed by atoms with Crippen molar-refractivity contribution in [3.05, 3.63) is 58.2 Å². The number of unbranched alkanes of at least 4 members (excludes halogenated alkanes) is 41. The van der Waals surface area contributed by atoms with E-state index in [-0.39, 0.29) is 10.8 Å². The summed E-state index contributed by atoms with van der Waals surface area (Å²) in [5.41, 5.74) is 10.1. The van der Waals surface area contributed by atoms with Crippen LogP contribution in [0.15, 0.2) is 52.6 Å². The molecule has 2 rings (SSSR count). The summed E-state index contributed by atoms with van der Waals surface area (Å²) in [5.74, 6) is 0.783. The molecular weight excluding hydrogens is 937 g/mol. The van der Waals surface area contributed by atoms with E-state index >= 15 is 0 Å². The Labute approximate surface area is 493 Å². The van der Waals surface area contributed by atoms with E-state index < -0.39 is 0 Å². The molecule has 0 nitrogen and oxygen atoms in total. The van der Waals surface area contributed by atoms with Crippen LogP contribution in [0.1, 0.15) is 427 Å². The van der Waals surface area contributed by atoms with E-state index in [1.807, 2.05) is 16.7 Å². The lowest BCUT2D eigenvalue weighted by Gasteiger charge is -2.60. The van der Waals surface area contributed by atoms with Gasteiger partial charge in [0.15, 0.2) is 0 Å². The molecule has 0 aromatic heterocycles. The Hall–Kier alpha value is -1.30. The van der Waals surface area contributed by atoms with Crippen molar-refractivity contribution in [1.82, 2.24) is 0 Å². The van der Waals surface area contributed by atoms with Gasteiger partial charge in [0.1, 0.15) is 0 Å². The summed E-state index contributed by atoms with van der Waals surface area (Å²) in [5, 5.41) is 0. The fraction of sp³-hybridized carbons (Fsp3) is 0.872. The Balaban J connectivity index is 2.85. The SMILES string of the molecule is CCCCCCCCCCCCCCCCCCC1=C(CC(CC)CCCC)C(CCCCCC)(c2ccccc2)C(CCCC)(CCCCCCCC)C(CCCCCCCCCC)=C1CCCCCCCCCCCC. The van der Waals surface area contributed by atoms with Crippen LogP contribution in [0, 0.1) is 11.3 Å². The van der Waals surface area contributed by atoms with Crippen molar-refractivity contribution in [1.29, 1.82) is 0 Å². The monoisotopic (exact) mass is 1080 g/mol. The minimum atomic E-state index is 0.0847. The second-order valence-corrected chi connectivity index (χ2v) is 26.5. The summed E-state index contributed by atoms with van der Waals surface area (Å²) < 4.78 is 0. The third-order valence-corrected chi connectivity index (χ3v) is 20.0. The molecule has 0 amide bonds. The number of benzene rings is 1. The molecule has 78 heavy (non-hydrogen) atoms. The number of hydrogen-bond donors (Lipinski definition) is 0. The molecule has 0 aliphatic heterocycles. The molecule has 1 aromatic carbocycles. The van der Waals surface area contributed by atoms with Crippen LogP contribution in [0.3, 0.4) is 0 Å². The van der Waals surface area contributed by atoms with Gasteiger partial charge in [-0.2, -0.15) is 0 Å². The van der Waals surface area contributed by atoms with E-state index in [2.05, 4.69) is 91.3 Å². The Morgan fingerprint density at radius 1 is 0.282 bits per heavy atom. The number of rotatable bonds is 59. The minimum Gasteiger partial charge on any atom is -0.0654 e. The molecule has 456 valence electrons. The summed E-state index contributed by atoms with van der Waals surface area (Å²) in [6, 6.07) is 12.8. The Bertz CT molecular complexity index is 1490. The van der Waals surface area contributed by atoms with Crippen LogP contribution in [0.25, 0.3) is 0 Å². The Kier molecular flexibility index (Phi) is 47.9. The van der Waals surface area contributed by atoms with Crippen molar-refractivity contribution < 1.29 is 0 Å². The number of allylic oxidation sites excluding steroid dienone is 4. The molecule has 0 spiro atoms. The van der Waals surface area contributed by atoms with Crippen LogP contribution in [-0.4, -0.2) is 0 Å². The van der Waals surface area contributed by atoms with E-state index in [4.69, 9.17) is 0 Å². The molecule has 0 bridgehead atoms. The maximum atomic E-state index is 2.71. The lowest BCUT2D eigenvalue weighted by atomic mass is 9.43. The zero-order valence-electron chi connectivity index (χ0n) is 55.3. The highest BCUT2D eigenvalue weighted by Crippen LogP contribution is 2.67. The Morgan fingerprint density at radius 2 is 0.590 bits per heavy atom. The number of hydrogen-bond acceptors (Lipinski definition) is 0. The molecule has 0 saturated carbocycles. The van der Waals surface area contributed by atoms with Gasteiger partial charge in [0.05, 0.1) is 0 Å². The van der Waals surface area contributed by atoms with E-state index in [0.29, 0.717) is 0 Å². The van der Waals surface area contributed by atoms with Crippen LogP contribution >= 0.6 is 0 Å². The minimum absolute atomic E-state index is 0.0847. The van der Waals surface area contributed by atoms with Crippen molar-refractivity contribution >= 4 is 0 Å². The summed E-state index contributed by atoms with van der Waals surface area (Å²) in [7, 11) is 0. The van der Waals surface area contributed by atoms with Gasteiger partial charge in [0.25, 0.3) is 0 Å². The van der Waals surface area contributed by atoms with Gasteiger partial charge >= 0.3 is 0 Å². The highest BCUT2D eigenvalue weighted by molar-refractivity contribution is 5.57. The third-order valence-electron chi connectivity index (χ3n) is 20.0. The van der Waals surface area contributed by atoms with Crippen molar-refractivity contribution in [3.8, 4) is 0 Å². The molecule has 0 fully saturated rings. The summed E-state index contributed by atoms with van der Waals surface area (Å²) in [4.78, 5) is 0. The normalized spacial score (nSPS) is 17.3. The lowest BCUT2D eigenvalue weighted by molar-refractivity contribution is 0.118. The van der Waals surface area contributed by atoms with Crippen molar-refractivity contribution in [2.45, 2.75) is 427 Å². The molecule has 0 heteroatoms. The highest BCUT2D eigenvalue weighted by Gasteiger charge is 2.58. The van der Waals surface area contributed by atoms with E-state index in [1.165, 1.54) is 366 Å². The van der Waals surface area contributed by atoms with Gasteiger partial charge < -0.3 is 0 Å². The second-order valence-electron chi connectivity index (χ2n) is 26.5. The molecule has 0 radical (unpaired) electrons. The Morgan fingerprint density at radius 3 is 0.974 bits per heavy atom. The first kappa shape index (κ1) is 72.8. The average Bonchev–Trinajstić information content (AvgIpc) is 2.72. The van der Waals surface area contributed by atoms with Crippen molar-refractivity contribution in [3.63, 3.8) is 0 Å². The maximum absolute atomic E-state index is 2.71. The van der Waals surface area contributed by atoms with Gasteiger partial charge in [0.2, 0.25) is 0 Å². The molecule has 0 N–H and O–H groups in total. The quantitative estimate of drug-likeness (QED) is 0.0571. The van der Waals surface area contributed by atoms with Gasteiger partial charge in [0, 0.05) is 10.8 Å². The smallest absolute Gasteiger partial charge is 0.0261 e.